The van der Waals surface area contributed by atoms with E-state index >= 15 is 0 Å². The molecule has 1 aliphatic carbocycles. The second kappa shape index (κ2) is 3.68. The molecule has 1 aromatic rings. The SMILES string of the molecule is CC1(C)CCCC1Nc1cc(=O)[nH]cn1. The summed E-state index contributed by atoms with van der Waals surface area (Å²) in [5.74, 6) is 0.679. The quantitative estimate of drug-likeness (QED) is 0.777. The average molecular weight is 207 g/mol. The van der Waals surface area contributed by atoms with E-state index in [0.717, 1.165) is 6.42 Å². The van der Waals surface area contributed by atoms with Crippen LogP contribution in [0.5, 0.6) is 0 Å². The smallest absolute Gasteiger partial charge is 0.252 e. The number of aromatic nitrogens is 2. The van der Waals surface area contributed by atoms with Crippen LogP contribution in [0.1, 0.15) is 33.1 Å². The van der Waals surface area contributed by atoms with Crippen molar-refractivity contribution in [2.45, 2.75) is 39.2 Å². The molecule has 0 aromatic carbocycles. The Morgan fingerprint density at radius 2 is 2.40 bits per heavy atom. The maximum Gasteiger partial charge on any atom is 0.252 e. The van der Waals surface area contributed by atoms with Crippen LogP contribution in [0.3, 0.4) is 0 Å². The predicted octanol–water partition coefficient (Wildman–Crippen LogP) is 1.76. The van der Waals surface area contributed by atoms with Crippen molar-refractivity contribution >= 4 is 5.82 Å². The number of anilines is 1. The van der Waals surface area contributed by atoms with Gasteiger partial charge >= 0.3 is 0 Å². The standard InChI is InChI=1S/C11H17N3O/c1-11(2)5-3-4-8(11)14-9-6-10(15)13-7-12-9/h6-8H,3-5H2,1-2H3,(H2,12,13,14,15). The van der Waals surface area contributed by atoms with Crippen LogP contribution < -0.4 is 10.9 Å². The van der Waals surface area contributed by atoms with Crippen LogP contribution in [-0.2, 0) is 0 Å². The minimum atomic E-state index is -0.108. The summed E-state index contributed by atoms with van der Waals surface area (Å²) in [4.78, 5) is 17.7. The number of aromatic amines is 1. The van der Waals surface area contributed by atoms with Gasteiger partial charge in [-0.15, -0.1) is 0 Å². The van der Waals surface area contributed by atoms with Gasteiger partial charge in [0.25, 0.3) is 5.56 Å². The van der Waals surface area contributed by atoms with E-state index in [1.165, 1.54) is 25.2 Å². The number of hydrogen-bond donors (Lipinski definition) is 2. The highest BCUT2D eigenvalue weighted by molar-refractivity contribution is 5.34. The van der Waals surface area contributed by atoms with E-state index in [1.807, 2.05) is 0 Å². The lowest BCUT2D eigenvalue weighted by Crippen LogP contribution is -2.31. The van der Waals surface area contributed by atoms with E-state index in [0.29, 0.717) is 17.3 Å². The Balaban J connectivity index is 2.12. The van der Waals surface area contributed by atoms with Gasteiger partial charge in [-0.05, 0) is 18.3 Å². The van der Waals surface area contributed by atoms with Crippen LogP contribution in [0.15, 0.2) is 17.2 Å². The molecule has 0 radical (unpaired) electrons. The largest absolute Gasteiger partial charge is 0.367 e. The van der Waals surface area contributed by atoms with E-state index in [-0.39, 0.29) is 5.56 Å². The highest BCUT2D eigenvalue weighted by Gasteiger charge is 2.34. The van der Waals surface area contributed by atoms with Gasteiger partial charge in [0.15, 0.2) is 0 Å². The molecule has 1 aliphatic rings. The van der Waals surface area contributed by atoms with Crippen molar-refractivity contribution in [1.82, 2.24) is 9.97 Å². The molecule has 0 spiro atoms. The van der Waals surface area contributed by atoms with Gasteiger partial charge in [-0.3, -0.25) is 4.79 Å². The number of nitrogens with one attached hydrogen (secondary N) is 2. The third-order valence-corrected chi connectivity index (χ3v) is 3.26. The molecule has 2 N–H and O–H groups in total. The molecule has 0 saturated heterocycles. The van der Waals surface area contributed by atoms with Crippen molar-refractivity contribution in [3.63, 3.8) is 0 Å². The second-order valence-electron chi connectivity index (χ2n) is 4.87. The van der Waals surface area contributed by atoms with Crippen LogP contribution in [0.25, 0.3) is 0 Å². The molecule has 1 heterocycles. The average Bonchev–Trinajstić information content (AvgIpc) is 2.46. The number of H-pyrrole nitrogens is 1. The normalized spacial score (nSPS) is 24.0. The summed E-state index contributed by atoms with van der Waals surface area (Å²) < 4.78 is 0. The van der Waals surface area contributed by atoms with Gasteiger partial charge in [0, 0.05) is 12.1 Å². The molecule has 4 heteroatoms. The highest BCUT2D eigenvalue weighted by Crippen LogP contribution is 2.38. The molecule has 4 nitrogen and oxygen atoms in total. The molecule has 0 amide bonds. The Morgan fingerprint density at radius 1 is 1.60 bits per heavy atom. The molecule has 15 heavy (non-hydrogen) atoms. The Kier molecular flexibility index (Phi) is 2.50. The Bertz CT molecular complexity index is 397. The van der Waals surface area contributed by atoms with Crippen molar-refractivity contribution in [1.29, 1.82) is 0 Å². The zero-order valence-electron chi connectivity index (χ0n) is 9.21. The van der Waals surface area contributed by atoms with Crippen LogP contribution in [-0.4, -0.2) is 16.0 Å². The Morgan fingerprint density at radius 3 is 3.00 bits per heavy atom. The molecule has 1 unspecified atom stereocenters. The molecular weight excluding hydrogens is 190 g/mol. The van der Waals surface area contributed by atoms with E-state index in [9.17, 15) is 4.79 Å². The van der Waals surface area contributed by atoms with E-state index < -0.39 is 0 Å². The summed E-state index contributed by atoms with van der Waals surface area (Å²) in [7, 11) is 0. The fourth-order valence-electron chi connectivity index (χ4n) is 2.22. The monoisotopic (exact) mass is 207 g/mol. The summed E-state index contributed by atoms with van der Waals surface area (Å²) in [5.41, 5.74) is 0.188. The lowest BCUT2D eigenvalue weighted by molar-refractivity contribution is 0.349. The molecule has 0 bridgehead atoms. The Labute approximate surface area is 89.1 Å². The predicted molar refractivity (Wildman–Crippen MR) is 59.9 cm³/mol. The van der Waals surface area contributed by atoms with Crippen molar-refractivity contribution in [3.8, 4) is 0 Å². The van der Waals surface area contributed by atoms with Crippen molar-refractivity contribution in [2.24, 2.45) is 5.41 Å². The zero-order chi connectivity index (χ0) is 10.9. The van der Waals surface area contributed by atoms with Gasteiger partial charge in [-0.2, -0.15) is 0 Å². The summed E-state index contributed by atoms with van der Waals surface area (Å²) in [6.07, 6.45) is 5.07. The first-order chi connectivity index (χ1) is 7.08. The summed E-state index contributed by atoms with van der Waals surface area (Å²) >= 11 is 0. The lowest BCUT2D eigenvalue weighted by atomic mass is 9.87. The maximum absolute atomic E-state index is 11.1. The zero-order valence-corrected chi connectivity index (χ0v) is 9.21. The van der Waals surface area contributed by atoms with Crippen molar-refractivity contribution < 1.29 is 0 Å². The first-order valence-corrected chi connectivity index (χ1v) is 5.39. The summed E-state index contributed by atoms with van der Waals surface area (Å²) in [5, 5.41) is 3.34. The molecule has 1 saturated carbocycles. The minimum absolute atomic E-state index is 0.108. The van der Waals surface area contributed by atoms with Crippen molar-refractivity contribution in [3.05, 3.63) is 22.7 Å². The molecule has 1 fully saturated rings. The topological polar surface area (TPSA) is 57.8 Å². The van der Waals surface area contributed by atoms with E-state index in [2.05, 4.69) is 29.1 Å². The third-order valence-electron chi connectivity index (χ3n) is 3.26. The van der Waals surface area contributed by atoms with E-state index in [1.54, 1.807) is 0 Å². The third kappa shape index (κ3) is 2.19. The molecule has 2 rings (SSSR count). The lowest BCUT2D eigenvalue weighted by Gasteiger charge is -2.28. The fraction of sp³-hybridized carbons (Fsp3) is 0.636. The number of hydrogen-bond acceptors (Lipinski definition) is 3. The van der Waals surface area contributed by atoms with Gasteiger partial charge in [0.2, 0.25) is 0 Å². The molecule has 0 aliphatic heterocycles. The molecule has 82 valence electrons. The van der Waals surface area contributed by atoms with Crippen LogP contribution in [0.4, 0.5) is 5.82 Å². The van der Waals surface area contributed by atoms with Crippen LogP contribution in [0, 0.1) is 5.41 Å². The van der Waals surface area contributed by atoms with Gasteiger partial charge in [-0.25, -0.2) is 4.98 Å². The Hall–Kier alpha value is -1.32. The fourth-order valence-corrected chi connectivity index (χ4v) is 2.22. The van der Waals surface area contributed by atoms with Crippen LogP contribution >= 0.6 is 0 Å². The van der Waals surface area contributed by atoms with Gasteiger partial charge in [0.05, 0.1) is 6.33 Å². The van der Waals surface area contributed by atoms with Gasteiger partial charge in [-0.1, -0.05) is 20.3 Å². The van der Waals surface area contributed by atoms with Crippen LogP contribution in [0.2, 0.25) is 0 Å². The number of rotatable bonds is 2. The first-order valence-electron chi connectivity index (χ1n) is 5.39. The highest BCUT2D eigenvalue weighted by atomic mass is 16.1. The molecular formula is C11H17N3O. The van der Waals surface area contributed by atoms with E-state index in [4.69, 9.17) is 0 Å². The van der Waals surface area contributed by atoms with Crippen molar-refractivity contribution in [2.75, 3.05) is 5.32 Å². The second-order valence-corrected chi connectivity index (χ2v) is 4.87. The summed E-state index contributed by atoms with van der Waals surface area (Å²) in [6.45, 7) is 4.51. The number of nitrogens with zero attached hydrogens (tertiary/aromatic N) is 1. The van der Waals surface area contributed by atoms with Gasteiger partial charge < -0.3 is 10.3 Å². The first kappa shape index (κ1) is 10.2. The maximum atomic E-state index is 11.1. The van der Waals surface area contributed by atoms with Gasteiger partial charge in [0.1, 0.15) is 5.82 Å². The molecule has 1 aromatic heterocycles. The summed E-state index contributed by atoms with van der Waals surface area (Å²) in [6, 6.07) is 1.93. The minimum Gasteiger partial charge on any atom is -0.367 e. The molecule has 1 atom stereocenters.